The van der Waals surface area contributed by atoms with Crippen molar-refractivity contribution in [2.24, 2.45) is 0 Å². The van der Waals surface area contributed by atoms with Gasteiger partial charge in [-0.3, -0.25) is 9.59 Å². The molecule has 234 valence electrons. The Labute approximate surface area is 257 Å². The highest BCUT2D eigenvalue weighted by Crippen LogP contribution is 2.31. The molecule has 10 heteroatoms. The normalized spacial score (nSPS) is 12.8. The molecule has 0 saturated heterocycles. The third-order valence-electron chi connectivity index (χ3n) is 7.11. The van der Waals surface area contributed by atoms with Crippen LogP contribution in [0.3, 0.4) is 0 Å². The van der Waals surface area contributed by atoms with Crippen molar-refractivity contribution in [1.82, 2.24) is 0 Å². The Bertz CT molecular complexity index is 1560. The maximum Gasteiger partial charge on any atom is 0.454 e. The monoisotopic (exact) mass is 624 g/mol. The van der Waals surface area contributed by atoms with Crippen LogP contribution in [0.5, 0.6) is 0 Å². The van der Waals surface area contributed by atoms with Gasteiger partial charge in [0.2, 0.25) is 5.78 Å². The lowest BCUT2D eigenvalue weighted by atomic mass is 9.93. The van der Waals surface area contributed by atoms with Crippen LogP contribution in [0.1, 0.15) is 23.5 Å². The molecule has 0 bridgehead atoms. The van der Waals surface area contributed by atoms with Gasteiger partial charge in [0.25, 0.3) is 5.78 Å². The zero-order valence-electron chi connectivity index (χ0n) is 24.0. The Balaban J connectivity index is 1.66. The van der Waals surface area contributed by atoms with Crippen molar-refractivity contribution in [3.8, 4) is 0 Å². The highest BCUT2D eigenvalue weighted by Gasteiger charge is 2.44. The lowest BCUT2D eigenvalue weighted by Crippen LogP contribution is -2.39. The lowest BCUT2D eigenvalue weighted by molar-refractivity contribution is -0.172. The second-order valence-corrected chi connectivity index (χ2v) is 10.2. The van der Waals surface area contributed by atoms with Gasteiger partial charge in [0.1, 0.15) is 0 Å². The number of nitrogens with zero attached hydrogens (tertiary/aromatic N) is 2. The Morgan fingerprint density at radius 2 is 1.11 bits per heavy atom. The van der Waals surface area contributed by atoms with Crippen molar-refractivity contribution < 1.29 is 35.9 Å². The third-order valence-corrected chi connectivity index (χ3v) is 7.11. The van der Waals surface area contributed by atoms with Crippen LogP contribution in [0, 0.1) is 0 Å². The number of ketones is 2. The van der Waals surface area contributed by atoms with Gasteiger partial charge in [0.05, 0.1) is 11.5 Å². The molecule has 0 saturated carbocycles. The number of Topliss-reactive ketones (excluding diaryl/α,β-unsaturated/α-hetero) is 2. The van der Waals surface area contributed by atoms with Crippen LogP contribution in [0.15, 0.2) is 128 Å². The zero-order valence-corrected chi connectivity index (χ0v) is 24.0. The largest absolute Gasteiger partial charge is 0.454 e. The summed E-state index contributed by atoms with van der Waals surface area (Å²) in [7, 11) is 0. The molecule has 0 aliphatic heterocycles. The van der Waals surface area contributed by atoms with E-state index in [-0.39, 0.29) is 37.2 Å². The minimum Gasteiger partial charge on any atom is -0.370 e. The van der Waals surface area contributed by atoms with Crippen LogP contribution < -0.4 is 9.80 Å². The number of anilines is 2. The van der Waals surface area contributed by atoms with E-state index in [0.29, 0.717) is 11.4 Å². The molecule has 0 aromatic heterocycles. The summed E-state index contributed by atoms with van der Waals surface area (Å²) in [6.07, 6.45) is -8.76. The molecular formula is C35H30F6N2O2. The first kappa shape index (κ1) is 33.0. The molecule has 0 N–H and O–H groups in total. The Morgan fingerprint density at radius 1 is 0.622 bits per heavy atom. The number of hydrogen-bond donors (Lipinski definition) is 0. The van der Waals surface area contributed by atoms with E-state index in [2.05, 4.69) is 0 Å². The Morgan fingerprint density at radius 3 is 1.62 bits per heavy atom. The predicted molar refractivity (Wildman–Crippen MR) is 163 cm³/mol. The summed E-state index contributed by atoms with van der Waals surface area (Å²) in [5.41, 5.74) is 0.844. The summed E-state index contributed by atoms with van der Waals surface area (Å²) >= 11 is 0. The fraction of sp³-hybridized carbons (Fsp3) is 0.200. The second kappa shape index (κ2) is 14.7. The van der Waals surface area contributed by atoms with Gasteiger partial charge in [0.15, 0.2) is 0 Å². The standard InChI is InChI=1S/C35H30F6N2O2/c36-34(37,38)32(44)30(26-14-5-1-6-15-26)24-42(28-18-9-3-10-19-28)22-13-23-43(29-20-11-4-12-21-29)25-31(33(45)35(39,40)41)27-16-7-2-8-17-27/h1-12,14-21,24,31H,13,22-23,25H2/b30-24-. The molecule has 0 fully saturated rings. The Kier molecular flexibility index (Phi) is 10.8. The van der Waals surface area contributed by atoms with E-state index in [0.717, 1.165) is 6.20 Å². The summed E-state index contributed by atoms with van der Waals surface area (Å²) in [6, 6.07) is 32.4. The van der Waals surface area contributed by atoms with Crippen LogP contribution in [0.2, 0.25) is 0 Å². The minimum atomic E-state index is -5.12. The molecule has 4 nitrogen and oxygen atoms in total. The molecule has 1 unspecified atom stereocenters. The van der Waals surface area contributed by atoms with Gasteiger partial charge in [0, 0.05) is 37.2 Å². The topological polar surface area (TPSA) is 40.6 Å². The van der Waals surface area contributed by atoms with Crippen LogP contribution in [-0.4, -0.2) is 43.6 Å². The van der Waals surface area contributed by atoms with Crippen molar-refractivity contribution >= 4 is 28.5 Å². The first-order valence-corrected chi connectivity index (χ1v) is 14.1. The van der Waals surface area contributed by atoms with E-state index in [4.69, 9.17) is 0 Å². The average Bonchev–Trinajstić information content (AvgIpc) is 3.04. The van der Waals surface area contributed by atoms with Crippen LogP contribution >= 0.6 is 0 Å². The number of rotatable bonds is 13. The summed E-state index contributed by atoms with van der Waals surface area (Å²) in [4.78, 5) is 28.3. The number of alkyl halides is 6. The molecule has 4 aromatic carbocycles. The predicted octanol–water partition coefficient (Wildman–Crippen LogP) is 8.48. The molecule has 45 heavy (non-hydrogen) atoms. The van der Waals surface area contributed by atoms with Crippen molar-refractivity contribution in [2.45, 2.75) is 24.7 Å². The van der Waals surface area contributed by atoms with Gasteiger partial charge in [-0.2, -0.15) is 26.3 Å². The molecule has 4 rings (SSSR count). The fourth-order valence-electron chi connectivity index (χ4n) is 4.92. The fourth-order valence-corrected chi connectivity index (χ4v) is 4.92. The van der Waals surface area contributed by atoms with Gasteiger partial charge < -0.3 is 9.80 Å². The van der Waals surface area contributed by atoms with E-state index in [1.807, 2.05) is 0 Å². The quantitative estimate of drug-likeness (QED) is 0.111. The first-order valence-electron chi connectivity index (χ1n) is 14.1. The van der Waals surface area contributed by atoms with Crippen molar-refractivity contribution in [3.63, 3.8) is 0 Å². The van der Waals surface area contributed by atoms with Crippen LogP contribution in [-0.2, 0) is 9.59 Å². The van der Waals surface area contributed by atoms with E-state index < -0.39 is 35.4 Å². The molecule has 1 atom stereocenters. The van der Waals surface area contributed by atoms with E-state index >= 15 is 0 Å². The molecule has 0 spiro atoms. The molecule has 0 radical (unpaired) electrons. The number of carbonyl (C=O) groups is 2. The molecular weight excluding hydrogens is 594 g/mol. The summed E-state index contributed by atoms with van der Waals surface area (Å²) < 4.78 is 82.1. The molecule has 4 aromatic rings. The lowest BCUT2D eigenvalue weighted by Gasteiger charge is -2.31. The summed E-state index contributed by atoms with van der Waals surface area (Å²) in [5, 5.41) is 0. The van der Waals surface area contributed by atoms with E-state index in [1.54, 1.807) is 89.8 Å². The number of para-hydroxylation sites is 2. The maximum atomic E-state index is 13.7. The molecule has 0 aliphatic rings. The van der Waals surface area contributed by atoms with Crippen molar-refractivity contribution in [3.05, 3.63) is 139 Å². The van der Waals surface area contributed by atoms with Gasteiger partial charge in [-0.25, -0.2) is 0 Å². The molecule has 0 heterocycles. The SMILES string of the molecule is O=C(/C(=C\N(CCCN(CC(C(=O)C(F)(F)F)c1ccccc1)c1ccccc1)c1ccccc1)c1ccccc1)C(F)(F)F. The number of halogens is 6. The number of carbonyl (C=O) groups excluding carboxylic acids is 2. The summed E-state index contributed by atoms with van der Waals surface area (Å²) in [6.45, 7) is -0.0169. The number of benzene rings is 4. The van der Waals surface area contributed by atoms with Crippen molar-refractivity contribution in [1.29, 1.82) is 0 Å². The van der Waals surface area contributed by atoms with E-state index in [1.165, 1.54) is 41.3 Å². The van der Waals surface area contributed by atoms with E-state index in [9.17, 15) is 35.9 Å². The second-order valence-electron chi connectivity index (χ2n) is 10.2. The minimum absolute atomic E-state index is 0.0861. The molecule has 0 amide bonds. The van der Waals surface area contributed by atoms with Crippen molar-refractivity contribution in [2.75, 3.05) is 29.4 Å². The van der Waals surface area contributed by atoms with Gasteiger partial charge in [-0.1, -0.05) is 97.1 Å². The average molecular weight is 625 g/mol. The zero-order chi connectivity index (χ0) is 32.5. The third kappa shape index (κ3) is 9.07. The highest BCUT2D eigenvalue weighted by atomic mass is 19.4. The first-order chi connectivity index (χ1) is 21.4. The summed E-state index contributed by atoms with van der Waals surface area (Å²) in [5.74, 6) is -5.39. The van der Waals surface area contributed by atoms with Crippen LogP contribution in [0.4, 0.5) is 37.7 Å². The van der Waals surface area contributed by atoms with Crippen LogP contribution in [0.25, 0.3) is 5.57 Å². The highest BCUT2D eigenvalue weighted by molar-refractivity contribution is 6.23. The smallest absolute Gasteiger partial charge is 0.370 e. The number of hydrogen-bond acceptors (Lipinski definition) is 4. The van der Waals surface area contributed by atoms with Gasteiger partial charge in [-0.05, 0) is 41.8 Å². The number of allylic oxidation sites excluding steroid dienone is 1. The van der Waals surface area contributed by atoms with Gasteiger partial charge in [-0.15, -0.1) is 0 Å². The molecule has 0 aliphatic carbocycles. The van der Waals surface area contributed by atoms with Gasteiger partial charge >= 0.3 is 12.4 Å². The Hall–Kier alpha value is -4.86. The maximum absolute atomic E-state index is 13.7.